The Bertz CT molecular complexity index is 1580. The van der Waals surface area contributed by atoms with Crippen molar-refractivity contribution in [1.29, 1.82) is 0 Å². The first kappa shape index (κ1) is 35.6. The van der Waals surface area contributed by atoms with Crippen molar-refractivity contribution in [3.05, 3.63) is 46.8 Å². The van der Waals surface area contributed by atoms with E-state index in [0.717, 1.165) is 45.6 Å². The van der Waals surface area contributed by atoms with Crippen molar-refractivity contribution in [2.75, 3.05) is 47.1 Å². The highest BCUT2D eigenvalue weighted by atomic mass is 32.1. The molecule has 0 spiro atoms. The number of hydrogen-bond donors (Lipinski definition) is 1. The highest BCUT2D eigenvalue weighted by Crippen LogP contribution is 2.41. The normalized spacial score (nSPS) is 18.4. The van der Waals surface area contributed by atoms with Crippen molar-refractivity contribution in [3.63, 3.8) is 0 Å². The number of likely N-dealkylation sites (tertiary alicyclic amines) is 1. The third kappa shape index (κ3) is 8.27. The molecule has 1 N–H and O–H groups in total. The highest BCUT2D eigenvalue weighted by Gasteiger charge is 2.41. The molecule has 2 aliphatic heterocycles. The van der Waals surface area contributed by atoms with E-state index in [1.165, 1.54) is 23.3 Å². The standard InChI is InChI=1S/C36H48N4O7S/c1-23(39(5)35(43)47-36(2,3)4)32(41)38-31(25-15-18-45-19-16-25)34(42)40-17-9-12-28(40)33-37-27(22-48-33)30-26-11-8-7-10-24(26)13-14-29(30)46-21-20-44-6/h7-8,10-11,13-14,22-23,25,28,31H,9,12,15-21H2,1-6H3,(H,38,41)/t23-,28-,31-/m0/s1. The van der Waals surface area contributed by atoms with Gasteiger partial charge in [-0.05, 0) is 76.1 Å². The van der Waals surface area contributed by atoms with Gasteiger partial charge in [-0.3, -0.25) is 14.5 Å². The average molecular weight is 681 g/mol. The van der Waals surface area contributed by atoms with Crippen molar-refractivity contribution in [1.82, 2.24) is 20.1 Å². The Labute approximate surface area is 286 Å². The molecule has 12 heteroatoms. The Hall–Kier alpha value is -3.74. The summed E-state index contributed by atoms with van der Waals surface area (Å²) in [6, 6.07) is 10.4. The largest absolute Gasteiger partial charge is 0.490 e. The zero-order valence-corrected chi connectivity index (χ0v) is 29.6. The molecule has 3 atom stereocenters. The lowest BCUT2D eigenvalue weighted by atomic mass is 9.90. The Morgan fingerprint density at radius 3 is 2.58 bits per heavy atom. The van der Waals surface area contributed by atoms with E-state index in [-0.39, 0.29) is 17.9 Å². The number of aromatic nitrogens is 1. The number of amides is 3. The number of carbonyl (C=O) groups excluding carboxylic acids is 3. The van der Waals surface area contributed by atoms with Crippen LogP contribution in [0, 0.1) is 5.92 Å². The Morgan fingerprint density at radius 2 is 1.85 bits per heavy atom. The maximum atomic E-state index is 14.4. The molecule has 3 heterocycles. The lowest BCUT2D eigenvalue weighted by molar-refractivity contribution is -0.141. The molecule has 2 aliphatic rings. The van der Waals surface area contributed by atoms with Gasteiger partial charge in [0.15, 0.2) is 0 Å². The molecule has 1 aromatic heterocycles. The summed E-state index contributed by atoms with van der Waals surface area (Å²) in [5.41, 5.74) is 1.01. The van der Waals surface area contributed by atoms with Gasteiger partial charge in [0.25, 0.3) is 0 Å². The van der Waals surface area contributed by atoms with Gasteiger partial charge in [-0.2, -0.15) is 0 Å². The molecular formula is C36H48N4O7S. The van der Waals surface area contributed by atoms with Gasteiger partial charge in [0.05, 0.1) is 23.9 Å². The van der Waals surface area contributed by atoms with Crippen LogP contribution >= 0.6 is 11.3 Å². The van der Waals surface area contributed by atoms with Gasteiger partial charge >= 0.3 is 6.09 Å². The summed E-state index contributed by atoms with van der Waals surface area (Å²) in [5, 5.41) is 8.04. The van der Waals surface area contributed by atoms with Crippen molar-refractivity contribution < 1.29 is 33.3 Å². The molecule has 0 radical (unpaired) electrons. The summed E-state index contributed by atoms with van der Waals surface area (Å²) in [4.78, 5) is 49.0. The van der Waals surface area contributed by atoms with Gasteiger partial charge in [0.2, 0.25) is 11.8 Å². The molecule has 260 valence electrons. The maximum Gasteiger partial charge on any atom is 0.410 e. The number of rotatable bonds is 11. The number of thiazole rings is 1. The molecule has 0 unspecified atom stereocenters. The molecule has 0 saturated carbocycles. The van der Waals surface area contributed by atoms with Crippen LogP contribution in [0.2, 0.25) is 0 Å². The van der Waals surface area contributed by atoms with Gasteiger partial charge in [-0.25, -0.2) is 9.78 Å². The number of fused-ring (bicyclic) bond motifs is 1. The fourth-order valence-corrected chi connectivity index (χ4v) is 7.22. The van der Waals surface area contributed by atoms with E-state index in [1.54, 1.807) is 34.8 Å². The molecule has 0 bridgehead atoms. The van der Waals surface area contributed by atoms with E-state index >= 15 is 0 Å². The van der Waals surface area contributed by atoms with E-state index in [0.29, 0.717) is 45.8 Å². The second kappa shape index (κ2) is 15.7. The first-order chi connectivity index (χ1) is 23.0. The molecule has 3 amide bonds. The summed E-state index contributed by atoms with van der Waals surface area (Å²) >= 11 is 1.54. The smallest absolute Gasteiger partial charge is 0.410 e. The molecule has 11 nitrogen and oxygen atoms in total. The number of hydrogen-bond acceptors (Lipinski definition) is 9. The minimum absolute atomic E-state index is 0.0928. The van der Waals surface area contributed by atoms with Crippen molar-refractivity contribution >= 4 is 40.0 Å². The number of ether oxygens (including phenoxy) is 4. The summed E-state index contributed by atoms with van der Waals surface area (Å²) < 4.78 is 22.4. The molecule has 5 rings (SSSR count). The fourth-order valence-electron chi connectivity index (χ4n) is 6.26. The molecule has 2 fully saturated rings. The predicted molar refractivity (Wildman–Crippen MR) is 185 cm³/mol. The van der Waals surface area contributed by atoms with Gasteiger partial charge < -0.3 is 29.2 Å². The van der Waals surface area contributed by atoms with Crippen LogP contribution in [0.3, 0.4) is 0 Å². The predicted octanol–water partition coefficient (Wildman–Crippen LogP) is 5.82. The molecule has 0 aliphatic carbocycles. The van der Waals surface area contributed by atoms with Gasteiger partial charge in [0, 0.05) is 39.3 Å². The monoisotopic (exact) mass is 680 g/mol. The minimum atomic E-state index is -0.841. The van der Waals surface area contributed by atoms with E-state index in [2.05, 4.69) is 17.4 Å². The van der Waals surface area contributed by atoms with Crippen molar-refractivity contribution in [2.24, 2.45) is 5.92 Å². The van der Waals surface area contributed by atoms with Crippen LogP contribution in [-0.2, 0) is 23.8 Å². The zero-order valence-electron chi connectivity index (χ0n) is 28.8. The van der Waals surface area contributed by atoms with E-state index in [9.17, 15) is 14.4 Å². The first-order valence-corrected chi connectivity index (χ1v) is 17.6. The zero-order chi connectivity index (χ0) is 34.4. The molecule has 48 heavy (non-hydrogen) atoms. The average Bonchev–Trinajstić information content (AvgIpc) is 3.76. The molecule has 3 aromatic rings. The molecule has 2 saturated heterocycles. The van der Waals surface area contributed by atoms with Crippen LogP contribution in [0.15, 0.2) is 41.8 Å². The maximum absolute atomic E-state index is 14.4. The SMILES string of the molecule is COCCOc1ccc2ccccc2c1-c1csc([C@@H]2CCCN2C(=O)[C@@H](NC(=O)[C@H](C)N(C)C(=O)OC(C)(C)C)C2CCOCC2)n1. The van der Waals surface area contributed by atoms with Crippen LogP contribution in [-0.4, -0.2) is 97.5 Å². The van der Waals surface area contributed by atoms with E-state index in [4.69, 9.17) is 23.9 Å². The number of methoxy groups -OCH3 is 1. The summed E-state index contributed by atoms with van der Waals surface area (Å²) in [7, 11) is 3.18. The minimum Gasteiger partial charge on any atom is -0.490 e. The number of nitrogens with one attached hydrogen (secondary N) is 1. The number of benzene rings is 2. The van der Waals surface area contributed by atoms with E-state index < -0.39 is 29.7 Å². The topological polar surface area (TPSA) is 120 Å². The van der Waals surface area contributed by atoms with Gasteiger partial charge in [-0.15, -0.1) is 11.3 Å². The van der Waals surface area contributed by atoms with Gasteiger partial charge in [-0.1, -0.05) is 30.3 Å². The highest BCUT2D eigenvalue weighted by molar-refractivity contribution is 7.10. The lowest BCUT2D eigenvalue weighted by Gasteiger charge is -2.36. The third-order valence-corrected chi connectivity index (χ3v) is 9.92. The van der Waals surface area contributed by atoms with Crippen LogP contribution in [0.25, 0.3) is 22.0 Å². The van der Waals surface area contributed by atoms with Crippen LogP contribution in [0.1, 0.15) is 64.4 Å². The van der Waals surface area contributed by atoms with Crippen LogP contribution in [0.5, 0.6) is 5.75 Å². The Kier molecular flexibility index (Phi) is 11.6. The number of likely N-dealkylation sites (N-methyl/N-ethyl adjacent to an activating group) is 1. The summed E-state index contributed by atoms with van der Waals surface area (Å²) in [6.45, 7) is 9.47. The summed E-state index contributed by atoms with van der Waals surface area (Å²) in [6.07, 6.45) is 2.31. The quantitative estimate of drug-likeness (QED) is 0.252. The van der Waals surface area contributed by atoms with Crippen molar-refractivity contribution in [3.8, 4) is 17.0 Å². The number of carbonyl (C=O) groups is 3. The second-order valence-corrected chi connectivity index (χ2v) is 14.4. The Morgan fingerprint density at radius 1 is 1.10 bits per heavy atom. The van der Waals surface area contributed by atoms with Gasteiger partial charge in [0.1, 0.15) is 35.0 Å². The van der Waals surface area contributed by atoms with Crippen LogP contribution < -0.4 is 10.1 Å². The fraction of sp³-hybridized carbons (Fsp3) is 0.556. The molecule has 2 aromatic carbocycles. The third-order valence-electron chi connectivity index (χ3n) is 8.98. The Balaban J connectivity index is 1.39. The first-order valence-electron chi connectivity index (χ1n) is 16.7. The second-order valence-electron chi connectivity index (χ2n) is 13.5. The van der Waals surface area contributed by atoms with Crippen molar-refractivity contribution in [2.45, 2.75) is 77.1 Å². The molecular weight excluding hydrogens is 632 g/mol. The van der Waals surface area contributed by atoms with E-state index in [1.807, 2.05) is 34.5 Å². The lowest BCUT2D eigenvalue weighted by Crippen LogP contribution is -2.57. The number of nitrogens with zero attached hydrogens (tertiary/aromatic N) is 3. The summed E-state index contributed by atoms with van der Waals surface area (Å²) in [5.74, 6) is 0.104. The van der Waals surface area contributed by atoms with Crippen LogP contribution in [0.4, 0.5) is 4.79 Å².